The molecule has 2 amide bonds. The second kappa shape index (κ2) is 8.07. The Labute approximate surface area is 174 Å². The van der Waals surface area contributed by atoms with Crippen LogP contribution in [0, 0.1) is 0 Å². The van der Waals surface area contributed by atoms with E-state index in [-0.39, 0.29) is 18.2 Å². The lowest BCUT2D eigenvalue weighted by Crippen LogP contribution is -2.49. The Balaban J connectivity index is 1.92. The summed E-state index contributed by atoms with van der Waals surface area (Å²) in [7, 11) is 0. The third-order valence-electron chi connectivity index (χ3n) is 5.35. The second-order valence-electron chi connectivity index (χ2n) is 7.45. The highest BCUT2D eigenvalue weighted by Gasteiger charge is 2.46. The summed E-state index contributed by atoms with van der Waals surface area (Å²) in [5.74, 6) is 0. The van der Waals surface area contributed by atoms with Gasteiger partial charge in [-0.2, -0.15) is 26.3 Å². The molecule has 10 heteroatoms. The first kappa shape index (κ1) is 22.9. The highest BCUT2D eigenvalue weighted by atomic mass is 19.4. The van der Waals surface area contributed by atoms with E-state index in [4.69, 9.17) is 4.74 Å². The lowest BCUT2D eigenvalue weighted by atomic mass is 9.85. The molecule has 0 aliphatic carbocycles. The summed E-state index contributed by atoms with van der Waals surface area (Å²) in [6, 6.07) is 9.25. The summed E-state index contributed by atoms with van der Waals surface area (Å²) < 4.78 is 84.6. The number of amides is 2. The average Bonchev–Trinajstić information content (AvgIpc) is 2.99. The van der Waals surface area contributed by atoms with Crippen molar-refractivity contribution in [3.05, 3.63) is 70.8 Å². The van der Waals surface area contributed by atoms with Gasteiger partial charge in [0.1, 0.15) is 5.54 Å². The molecule has 1 fully saturated rings. The number of urea groups is 1. The predicted molar refractivity (Wildman–Crippen MR) is 100 cm³/mol. The fourth-order valence-corrected chi connectivity index (χ4v) is 3.54. The normalized spacial score (nSPS) is 22.7. The van der Waals surface area contributed by atoms with Crippen LogP contribution in [0.3, 0.4) is 0 Å². The van der Waals surface area contributed by atoms with E-state index in [1.54, 1.807) is 37.3 Å². The molecular formula is C21H20F6N2O2. The van der Waals surface area contributed by atoms with E-state index in [0.29, 0.717) is 17.7 Å². The first-order valence-electron chi connectivity index (χ1n) is 9.38. The largest absolute Gasteiger partial charge is 0.416 e. The van der Waals surface area contributed by atoms with E-state index < -0.39 is 47.2 Å². The van der Waals surface area contributed by atoms with Crippen LogP contribution in [0.2, 0.25) is 0 Å². The minimum atomic E-state index is -4.95. The van der Waals surface area contributed by atoms with Crippen LogP contribution in [0.25, 0.3) is 0 Å². The molecule has 1 heterocycles. The molecule has 3 rings (SSSR count). The maximum Gasteiger partial charge on any atom is 0.416 e. The molecule has 4 nitrogen and oxygen atoms in total. The van der Waals surface area contributed by atoms with Crippen LogP contribution < -0.4 is 10.6 Å². The summed E-state index contributed by atoms with van der Waals surface area (Å²) in [5, 5.41) is 5.48. The van der Waals surface area contributed by atoms with Gasteiger partial charge in [0.15, 0.2) is 0 Å². The molecule has 0 bridgehead atoms. The summed E-state index contributed by atoms with van der Waals surface area (Å²) in [6.07, 6.45) is -11.0. The summed E-state index contributed by atoms with van der Waals surface area (Å²) in [6.45, 7) is 2.92. The Kier molecular flexibility index (Phi) is 5.96. The lowest BCUT2D eigenvalue weighted by molar-refractivity contribution is -0.143. The van der Waals surface area contributed by atoms with Crippen LogP contribution in [0.4, 0.5) is 31.1 Å². The fourth-order valence-electron chi connectivity index (χ4n) is 3.54. The molecule has 0 unspecified atom stereocenters. The molecule has 2 aromatic rings. The molecular weight excluding hydrogens is 426 g/mol. The number of alkyl halides is 6. The van der Waals surface area contributed by atoms with E-state index in [0.717, 1.165) is 0 Å². The Morgan fingerprint density at radius 2 is 1.55 bits per heavy atom. The van der Waals surface area contributed by atoms with Gasteiger partial charge in [0.05, 0.1) is 29.9 Å². The molecule has 2 N–H and O–H groups in total. The second-order valence-corrected chi connectivity index (χ2v) is 7.45. The number of carbonyl (C=O) groups excluding carboxylic acids is 1. The molecule has 0 spiro atoms. The highest BCUT2D eigenvalue weighted by molar-refractivity contribution is 5.79. The zero-order valence-corrected chi connectivity index (χ0v) is 16.6. The quantitative estimate of drug-likeness (QED) is 0.605. The van der Waals surface area contributed by atoms with Crippen molar-refractivity contribution < 1.29 is 35.9 Å². The first-order chi connectivity index (χ1) is 14.3. The van der Waals surface area contributed by atoms with Crippen molar-refractivity contribution in [1.29, 1.82) is 0 Å². The van der Waals surface area contributed by atoms with E-state index >= 15 is 0 Å². The van der Waals surface area contributed by atoms with Crippen molar-refractivity contribution in [2.45, 2.75) is 43.9 Å². The van der Waals surface area contributed by atoms with E-state index in [9.17, 15) is 31.1 Å². The highest BCUT2D eigenvalue weighted by Crippen LogP contribution is 2.38. The minimum absolute atomic E-state index is 0.0743. The summed E-state index contributed by atoms with van der Waals surface area (Å²) in [4.78, 5) is 11.9. The van der Waals surface area contributed by atoms with Crippen molar-refractivity contribution in [3.8, 4) is 0 Å². The van der Waals surface area contributed by atoms with Crippen molar-refractivity contribution in [2.24, 2.45) is 0 Å². The predicted octanol–water partition coefficient (Wildman–Crippen LogP) is 5.40. The third-order valence-corrected chi connectivity index (χ3v) is 5.35. The Morgan fingerprint density at radius 3 is 2.00 bits per heavy atom. The Morgan fingerprint density at radius 1 is 1.00 bits per heavy atom. The monoisotopic (exact) mass is 446 g/mol. The van der Waals surface area contributed by atoms with Gasteiger partial charge in [-0.25, -0.2) is 4.79 Å². The van der Waals surface area contributed by atoms with E-state index in [1.165, 1.54) is 6.92 Å². The molecule has 1 aliphatic heterocycles. The zero-order chi connectivity index (χ0) is 23.0. The van der Waals surface area contributed by atoms with Crippen molar-refractivity contribution in [1.82, 2.24) is 10.6 Å². The molecule has 168 valence electrons. The van der Waals surface area contributed by atoms with E-state index in [1.807, 2.05) is 0 Å². The van der Waals surface area contributed by atoms with Crippen LogP contribution in [-0.2, 0) is 22.6 Å². The zero-order valence-electron chi connectivity index (χ0n) is 16.6. The number of benzene rings is 2. The molecule has 0 radical (unpaired) electrons. The molecule has 31 heavy (non-hydrogen) atoms. The maximum absolute atomic E-state index is 13.1. The van der Waals surface area contributed by atoms with Crippen molar-refractivity contribution in [3.63, 3.8) is 0 Å². The molecule has 0 saturated carbocycles. The van der Waals surface area contributed by atoms with Gasteiger partial charge in [-0.3, -0.25) is 0 Å². The smallest absolute Gasteiger partial charge is 0.371 e. The maximum atomic E-state index is 13.1. The fraction of sp³-hybridized carbons (Fsp3) is 0.381. The van der Waals surface area contributed by atoms with Crippen molar-refractivity contribution in [2.75, 3.05) is 6.61 Å². The minimum Gasteiger partial charge on any atom is -0.371 e. The van der Waals surface area contributed by atoms with Crippen LogP contribution in [0.5, 0.6) is 0 Å². The molecule has 0 aromatic heterocycles. The van der Waals surface area contributed by atoms with Crippen molar-refractivity contribution >= 4 is 6.03 Å². The third kappa shape index (κ3) is 4.79. The van der Waals surface area contributed by atoms with Gasteiger partial charge in [-0.15, -0.1) is 0 Å². The van der Waals surface area contributed by atoms with Crippen LogP contribution in [0.1, 0.15) is 42.2 Å². The van der Waals surface area contributed by atoms with Crippen LogP contribution in [-0.4, -0.2) is 18.7 Å². The van der Waals surface area contributed by atoms with Gasteiger partial charge in [0.2, 0.25) is 0 Å². The molecule has 3 atom stereocenters. The Hall–Kier alpha value is -2.75. The van der Waals surface area contributed by atoms with Gasteiger partial charge < -0.3 is 15.4 Å². The molecule has 1 saturated heterocycles. The average molecular weight is 446 g/mol. The molecule has 2 aromatic carbocycles. The van der Waals surface area contributed by atoms with Gasteiger partial charge in [0, 0.05) is 0 Å². The van der Waals surface area contributed by atoms with Gasteiger partial charge >= 0.3 is 18.4 Å². The van der Waals surface area contributed by atoms with Gasteiger partial charge in [-0.05, 0) is 43.2 Å². The Bertz CT molecular complexity index is 913. The number of hydrogen-bond donors (Lipinski definition) is 2. The summed E-state index contributed by atoms with van der Waals surface area (Å²) in [5.41, 5.74) is -3.44. The number of halogens is 6. The van der Waals surface area contributed by atoms with E-state index in [2.05, 4.69) is 10.6 Å². The van der Waals surface area contributed by atoms with Gasteiger partial charge in [0.25, 0.3) is 0 Å². The lowest BCUT2D eigenvalue weighted by Gasteiger charge is -2.34. The van der Waals surface area contributed by atoms with Gasteiger partial charge in [-0.1, -0.05) is 30.3 Å². The SMILES string of the molecule is C[C@H](OC[C@]1(c2ccccc2)NC(=O)N[C@H]1C)c1cc(C(F)(F)F)cc(C(F)(F)F)c1. The number of carbonyl (C=O) groups is 1. The first-order valence-corrected chi connectivity index (χ1v) is 9.38. The number of rotatable bonds is 5. The number of ether oxygens (including phenoxy) is 1. The standard InChI is InChI=1S/C21H20F6N2O2/c1-12(14-8-16(20(22,23)24)10-17(9-14)21(25,26)27)31-11-19(13(2)28-18(30)29-19)15-6-4-3-5-7-15/h3-10,12-13H,11H2,1-2H3,(H2,28,29,30)/t12-,13-,19-/m0/s1. The summed E-state index contributed by atoms with van der Waals surface area (Å²) >= 11 is 0. The topological polar surface area (TPSA) is 50.4 Å². The molecule has 1 aliphatic rings. The number of nitrogens with one attached hydrogen (secondary N) is 2. The van der Waals surface area contributed by atoms with Crippen LogP contribution in [0.15, 0.2) is 48.5 Å². The number of hydrogen-bond acceptors (Lipinski definition) is 2. The van der Waals surface area contributed by atoms with Crippen LogP contribution >= 0.6 is 0 Å².